The summed E-state index contributed by atoms with van der Waals surface area (Å²) >= 11 is 0. The van der Waals surface area contributed by atoms with Gasteiger partial charge in [-0.2, -0.15) is 10.4 Å². The van der Waals surface area contributed by atoms with Gasteiger partial charge < -0.3 is 4.74 Å². The Balaban J connectivity index is 0.000000791. The predicted molar refractivity (Wildman–Crippen MR) is 50.6 cm³/mol. The number of H-pyrrole nitrogens is 1. The van der Waals surface area contributed by atoms with Crippen LogP contribution in [0.5, 0.6) is 0 Å². The molecule has 0 unspecified atom stereocenters. The highest BCUT2D eigenvalue weighted by atomic mass is 16.5. The zero-order valence-electron chi connectivity index (χ0n) is 8.50. The van der Waals surface area contributed by atoms with Crippen molar-refractivity contribution in [3.05, 3.63) is 17.5 Å². The van der Waals surface area contributed by atoms with Crippen LogP contribution < -0.4 is 0 Å². The zero-order chi connectivity index (χ0) is 11.0. The summed E-state index contributed by atoms with van der Waals surface area (Å²) in [6, 6.07) is 1.80. The van der Waals surface area contributed by atoms with Crippen LogP contribution in [0.25, 0.3) is 0 Å². The van der Waals surface area contributed by atoms with E-state index in [1.54, 1.807) is 13.0 Å². The molecule has 1 N–H and O–H groups in total. The molecule has 76 valence electrons. The highest BCUT2D eigenvalue weighted by Gasteiger charge is 2.13. The average Bonchev–Trinajstić information content (AvgIpc) is 2.69. The summed E-state index contributed by atoms with van der Waals surface area (Å²) in [5, 5.41) is 14.4. The standard InChI is InChI=1S/C7H7N3O2.C2H6/c1-2-12-7(11)5-4-9-10-6(5)3-8;1-2/h4H,2H2,1H3,(H,9,10);1-2H3. The van der Waals surface area contributed by atoms with Crippen molar-refractivity contribution in [1.82, 2.24) is 10.2 Å². The number of rotatable bonds is 2. The van der Waals surface area contributed by atoms with Gasteiger partial charge in [0.15, 0.2) is 0 Å². The van der Waals surface area contributed by atoms with Gasteiger partial charge in [0.05, 0.1) is 12.8 Å². The second kappa shape index (κ2) is 6.66. The first-order valence-corrected chi connectivity index (χ1v) is 4.40. The summed E-state index contributed by atoms with van der Waals surface area (Å²) in [5.74, 6) is -0.525. The fourth-order valence-corrected chi connectivity index (χ4v) is 0.735. The van der Waals surface area contributed by atoms with Crippen molar-refractivity contribution in [3.63, 3.8) is 0 Å². The Morgan fingerprint density at radius 1 is 1.71 bits per heavy atom. The highest BCUT2D eigenvalue weighted by Crippen LogP contribution is 2.04. The van der Waals surface area contributed by atoms with E-state index < -0.39 is 5.97 Å². The van der Waals surface area contributed by atoms with Crippen molar-refractivity contribution in [1.29, 1.82) is 5.26 Å². The molecule has 0 aromatic carbocycles. The molecule has 0 radical (unpaired) electrons. The monoisotopic (exact) mass is 195 g/mol. The lowest BCUT2D eigenvalue weighted by atomic mass is 10.3. The van der Waals surface area contributed by atoms with Crippen LogP contribution >= 0.6 is 0 Å². The molecule has 0 aliphatic carbocycles. The van der Waals surface area contributed by atoms with E-state index >= 15 is 0 Å². The van der Waals surface area contributed by atoms with Crippen LogP contribution in [0.2, 0.25) is 0 Å². The minimum Gasteiger partial charge on any atom is -0.462 e. The summed E-state index contributed by atoms with van der Waals surface area (Å²) in [4.78, 5) is 11.1. The van der Waals surface area contributed by atoms with Gasteiger partial charge in [-0.3, -0.25) is 5.10 Å². The van der Waals surface area contributed by atoms with Gasteiger partial charge in [0.25, 0.3) is 0 Å². The second-order valence-electron chi connectivity index (χ2n) is 1.99. The molecular formula is C9H13N3O2. The quantitative estimate of drug-likeness (QED) is 0.725. The van der Waals surface area contributed by atoms with Gasteiger partial charge in [-0.25, -0.2) is 4.79 Å². The molecule has 0 saturated heterocycles. The lowest BCUT2D eigenvalue weighted by Gasteiger charge is -1.96. The number of nitrogens with one attached hydrogen (secondary N) is 1. The minimum absolute atomic E-state index is 0.133. The smallest absolute Gasteiger partial charge is 0.342 e. The number of carbonyl (C=O) groups excluding carboxylic acids is 1. The maximum Gasteiger partial charge on any atom is 0.342 e. The van der Waals surface area contributed by atoms with E-state index in [1.807, 2.05) is 13.8 Å². The topological polar surface area (TPSA) is 78.8 Å². The maximum atomic E-state index is 11.1. The molecule has 1 aromatic heterocycles. The van der Waals surface area contributed by atoms with E-state index in [4.69, 9.17) is 5.26 Å². The van der Waals surface area contributed by atoms with Gasteiger partial charge in [0, 0.05) is 0 Å². The Bertz CT molecular complexity index is 325. The van der Waals surface area contributed by atoms with E-state index in [0.717, 1.165) is 0 Å². The first kappa shape index (κ1) is 12.2. The van der Waals surface area contributed by atoms with E-state index in [1.165, 1.54) is 6.20 Å². The first-order chi connectivity index (χ1) is 6.79. The molecule has 0 amide bonds. The summed E-state index contributed by atoms with van der Waals surface area (Å²) in [6.45, 7) is 5.99. The molecule has 0 saturated carbocycles. The Morgan fingerprint density at radius 2 is 2.36 bits per heavy atom. The third-order valence-corrected chi connectivity index (χ3v) is 1.25. The van der Waals surface area contributed by atoms with Crippen LogP contribution in [-0.4, -0.2) is 22.8 Å². The van der Waals surface area contributed by atoms with E-state index in [2.05, 4.69) is 14.9 Å². The van der Waals surface area contributed by atoms with Crippen molar-refractivity contribution in [2.24, 2.45) is 0 Å². The van der Waals surface area contributed by atoms with Crippen LogP contribution in [0.15, 0.2) is 6.20 Å². The van der Waals surface area contributed by atoms with Crippen LogP contribution in [0, 0.1) is 11.3 Å². The summed E-state index contributed by atoms with van der Waals surface area (Å²) in [7, 11) is 0. The third-order valence-electron chi connectivity index (χ3n) is 1.25. The lowest BCUT2D eigenvalue weighted by molar-refractivity contribution is 0.0526. The Hall–Kier alpha value is -1.83. The van der Waals surface area contributed by atoms with Crippen LogP contribution in [0.1, 0.15) is 36.8 Å². The van der Waals surface area contributed by atoms with Crippen molar-refractivity contribution in [2.45, 2.75) is 20.8 Å². The molecule has 1 heterocycles. The van der Waals surface area contributed by atoms with Gasteiger partial charge in [0.2, 0.25) is 0 Å². The molecular weight excluding hydrogens is 182 g/mol. The van der Waals surface area contributed by atoms with Crippen LogP contribution in [0.4, 0.5) is 0 Å². The van der Waals surface area contributed by atoms with E-state index in [0.29, 0.717) is 0 Å². The van der Waals surface area contributed by atoms with Crippen LogP contribution in [-0.2, 0) is 4.74 Å². The van der Waals surface area contributed by atoms with E-state index in [-0.39, 0.29) is 17.9 Å². The number of ether oxygens (including phenoxy) is 1. The molecule has 1 aromatic rings. The second-order valence-corrected chi connectivity index (χ2v) is 1.99. The normalized spacial score (nSPS) is 8.14. The average molecular weight is 195 g/mol. The summed E-state index contributed by atoms with van der Waals surface area (Å²) in [6.07, 6.45) is 1.27. The van der Waals surface area contributed by atoms with Gasteiger partial charge in [0.1, 0.15) is 17.3 Å². The van der Waals surface area contributed by atoms with Gasteiger partial charge in [-0.05, 0) is 6.92 Å². The number of aromatic nitrogens is 2. The SMILES string of the molecule is CC.CCOC(=O)c1cn[nH]c1C#N. The Labute approximate surface area is 82.7 Å². The van der Waals surface area contributed by atoms with Gasteiger partial charge >= 0.3 is 5.97 Å². The molecule has 5 heteroatoms. The maximum absolute atomic E-state index is 11.1. The number of nitriles is 1. The third kappa shape index (κ3) is 2.90. The van der Waals surface area contributed by atoms with Crippen molar-refractivity contribution in [2.75, 3.05) is 6.61 Å². The largest absolute Gasteiger partial charge is 0.462 e. The van der Waals surface area contributed by atoms with E-state index in [9.17, 15) is 4.79 Å². The number of hydrogen-bond acceptors (Lipinski definition) is 4. The Kier molecular flexibility index (Phi) is 5.79. The predicted octanol–water partition coefficient (Wildman–Crippen LogP) is 1.48. The van der Waals surface area contributed by atoms with Crippen molar-refractivity contribution in [3.8, 4) is 6.07 Å². The zero-order valence-corrected chi connectivity index (χ0v) is 8.50. The number of hydrogen-bond donors (Lipinski definition) is 1. The number of aromatic amines is 1. The first-order valence-electron chi connectivity index (χ1n) is 4.40. The fourth-order valence-electron chi connectivity index (χ4n) is 0.735. The van der Waals surface area contributed by atoms with Crippen molar-refractivity contribution >= 4 is 5.97 Å². The Morgan fingerprint density at radius 3 is 2.86 bits per heavy atom. The van der Waals surface area contributed by atoms with Gasteiger partial charge in [-0.1, -0.05) is 13.8 Å². The van der Waals surface area contributed by atoms with Gasteiger partial charge in [-0.15, -0.1) is 0 Å². The lowest BCUT2D eigenvalue weighted by Crippen LogP contribution is -2.05. The molecule has 14 heavy (non-hydrogen) atoms. The number of esters is 1. The molecule has 0 atom stereocenters. The highest BCUT2D eigenvalue weighted by molar-refractivity contribution is 5.91. The molecule has 0 fully saturated rings. The molecule has 0 aliphatic heterocycles. The molecule has 5 nitrogen and oxygen atoms in total. The molecule has 0 bridgehead atoms. The van der Waals surface area contributed by atoms with Crippen molar-refractivity contribution < 1.29 is 9.53 Å². The molecule has 0 aliphatic rings. The molecule has 0 spiro atoms. The van der Waals surface area contributed by atoms with Crippen LogP contribution in [0.3, 0.4) is 0 Å². The summed E-state index contributed by atoms with van der Waals surface area (Å²) in [5.41, 5.74) is 0.313. The number of nitrogens with zero attached hydrogens (tertiary/aromatic N) is 2. The fraction of sp³-hybridized carbons (Fsp3) is 0.444. The molecule has 1 rings (SSSR count). The number of carbonyl (C=O) groups is 1. The minimum atomic E-state index is -0.525. The summed E-state index contributed by atoms with van der Waals surface area (Å²) < 4.78 is 4.68.